The predicted octanol–water partition coefficient (Wildman–Crippen LogP) is 3.18. The van der Waals surface area contributed by atoms with Gasteiger partial charge in [-0.15, -0.1) is 0 Å². The first-order valence-corrected chi connectivity index (χ1v) is 13.5. The Morgan fingerprint density at radius 3 is 2.48 bits per heavy atom. The maximum atomic E-state index is 11.8. The van der Waals surface area contributed by atoms with Crippen LogP contribution in [0.1, 0.15) is 37.4 Å². The van der Waals surface area contributed by atoms with Crippen molar-refractivity contribution in [1.82, 2.24) is 19.3 Å². The molecule has 0 spiro atoms. The quantitative estimate of drug-likeness (QED) is 0.651. The van der Waals surface area contributed by atoms with Crippen molar-refractivity contribution in [3.63, 3.8) is 0 Å². The van der Waals surface area contributed by atoms with Crippen LogP contribution in [0.25, 0.3) is 5.57 Å². The van der Waals surface area contributed by atoms with Crippen LogP contribution < -0.4 is 9.64 Å². The maximum Gasteiger partial charge on any atom is 0.225 e. The number of rotatable bonds is 4. The highest BCUT2D eigenvalue weighted by molar-refractivity contribution is 7.88. The summed E-state index contributed by atoms with van der Waals surface area (Å²) < 4.78 is 31.5. The Morgan fingerprint density at radius 2 is 1.85 bits per heavy atom. The average molecular weight is 490 g/mol. The summed E-state index contributed by atoms with van der Waals surface area (Å²) >= 11 is 5.91. The van der Waals surface area contributed by atoms with Gasteiger partial charge in [-0.05, 0) is 37.8 Å². The number of nitrogens with zero attached hydrogens (tertiary/aromatic N) is 5. The molecule has 0 saturated carbocycles. The lowest BCUT2D eigenvalue weighted by atomic mass is 9.79. The van der Waals surface area contributed by atoms with E-state index in [0.29, 0.717) is 30.5 Å². The Balaban J connectivity index is 1.25. The van der Waals surface area contributed by atoms with Crippen LogP contribution in [0.2, 0.25) is 5.02 Å². The molecule has 1 atom stereocenters. The van der Waals surface area contributed by atoms with E-state index in [-0.39, 0.29) is 5.60 Å². The highest BCUT2D eigenvalue weighted by Crippen LogP contribution is 2.43. The van der Waals surface area contributed by atoms with Crippen LogP contribution in [0, 0.1) is 5.92 Å². The molecule has 176 valence electrons. The molecule has 1 saturated heterocycles. The number of fused-ring (bicyclic) bond motifs is 1. The van der Waals surface area contributed by atoms with Crippen molar-refractivity contribution < 1.29 is 13.2 Å². The first kappa shape index (κ1) is 22.6. The van der Waals surface area contributed by atoms with Crippen LogP contribution in [0.15, 0.2) is 30.7 Å². The van der Waals surface area contributed by atoms with Gasteiger partial charge in [0, 0.05) is 44.1 Å². The molecule has 2 aromatic heterocycles. The minimum absolute atomic E-state index is 0.260. The van der Waals surface area contributed by atoms with Crippen LogP contribution >= 0.6 is 11.6 Å². The first-order valence-electron chi connectivity index (χ1n) is 11.3. The molecular formula is C23H28ClN5O3S. The fourth-order valence-corrected chi connectivity index (χ4v) is 5.99. The van der Waals surface area contributed by atoms with Crippen molar-refractivity contribution in [3.05, 3.63) is 47.0 Å². The lowest BCUT2D eigenvalue weighted by Gasteiger charge is -2.39. The third kappa shape index (κ3) is 4.58. The second-order valence-corrected chi connectivity index (χ2v) is 11.8. The van der Waals surface area contributed by atoms with Gasteiger partial charge in [-0.1, -0.05) is 17.7 Å². The Hall–Kier alpha value is -2.23. The van der Waals surface area contributed by atoms with E-state index in [9.17, 15) is 8.42 Å². The van der Waals surface area contributed by atoms with Gasteiger partial charge in [0.2, 0.25) is 16.0 Å². The number of sulfonamides is 1. The van der Waals surface area contributed by atoms with Gasteiger partial charge in [0.25, 0.3) is 0 Å². The molecular weight excluding hydrogens is 462 g/mol. The lowest BCUT2D eigenvalue weighted by Crippen LogP contribution is -2.46. The van der Waals surface area contributed by atoms with E-state index in [2.05, 4.69) is 32.8 Å². The number of piperidine rings is 1. The van der Waals surface area contributed by atoms with Crippen molar-refractivity contribution in [3.8, 4) is 5.75 Å². The van der Waals surface area contributed by atoms with Gasteiger partial charge in [0.1, 0.15) is 11.4 Å². The topological polar surface area (TPSA) is 88.5 Å². The zero-order chi connectivity index (χ0) is 23.2. The number of halogens is 1. The van der Waals surface area contributed by atoms with Gasteiger partial charge in [-0.25, -0.2) is 18.4 Å². The molecule has 33 heavy (non-hydrogen) atoms. The largest absolute Gasteiger partial charge is 0.485 e. The van der Waals surface area contributed by atoms with E-state index < -0.39 is 10.0 Å². The van der Waals surface area contributed by atoms with Crippen LogP contribution in [0.3, 0.4) is 0 Å². The molecule has 3 aliphatic rings. The molecule has 5 heterocycles. The molecule has 8 nitrogen and oxygen atoms in total. The number of hydrogen-bond acceptors (Lipinski definition) is 7. The lowest BCUT2D eigenvalue weighted by molar-refractivity contribution is 0.0347. The summed E-state index contributed by atoms with van der Waals surface area (Å²) in [7, 11) is -3.16. The summed E-state index contributed by atoms with van der Waals surface area (Å²) in [6.45, 7) is 4.86. The van der Waals surface area contributed by atoms with E-state index in [1.807, 2.05) is 12.3 Å². The smallest absolute Gasteiger partial charge is 0.225 e. The van der Waals surface area contributed by atoms with Crippen molar-refractivity contribution in [1.29, 1.82) is 0 Å². The predicted molar refractivity (Wildman–Crippen MR) is 128 cm³/mol. The zero-order valence-corrected chi connectivity index (χ0v) is 20.4. The third-order valence-corrected chi connectivity index (χ3v) is 8.52. The minimum atomic E-state index is -3.16. The van der Waals surface area contributed by atoms with E-state index >= 15 is 0 Å². The summed E-state index contributed by atoms with van der Waals surface area (Å²) in [5.41, 5.74) is 2.94. The maximum absolute atomic E-state index is 11.8. The normalized spacial score (nSPS) is 24.3. The van der Waals surface area contributed by atoms with E-state index in [1.165, 1.54) is 16.1 Å². The number of hydrogen-bond donors (Lipinski definition) is 0. The molecule has 0 N–H and O–H groups in total. The molecule has 2 aromatic rings. The molecule has 0 amide bonds. The summed E-state index contributed by atoms with van der Waals surface area (Å²) in [4.78, 5) is 15.5. The average Bonchev–Trinajstić information content (AvgIpc) is 3.16. The van der Waals surface area contributed by atoms with Crippen LogP contribution in [0.4, 0.5) is 5.95 Å². The van der Waals surface area contributed by atoms with E-state index in [4.69, 9.17) is 16.3 Å². The molecule has 0 bridgehead atoms. The second-order valence-electron chi connectivity index (χ2n) is 9.33. The standard InChI is InChI=1S/C23H28ClN5O3S/c1-23(18-5-7-28(8-6-18)22-26-13-19(24)14-27-22)12-17-11-20(25-15-21(17)32-23)16-3-9-29(10-4-16)33(2,30)31/h3,11,13-15,18H,4-10,12H2,1-2H3/t23-/m0/s1. The zero-order valence-electron chi connectivity index (χ0n) is 18.9. The Morgan fingerprint density at radius 1 is 1.12 bits per heavy atom. The third-order valence-electron chi connectivity index (χ3n) is 7.05. The minimum Gasteiger partial charge on any atom is -0.485 e. The number of ether oxygens (including phenoxy) is 1. The first-order chi connectivity index (χ1) is 15.7. The summed E-state index contributed by atoms with van der Waals surface area (Å²) in [5, 5.41) is 0.544. The second kappa shape index (κ2) is 8.52. The molecule has 10 heteroatoms. The molecule has 0 radical (unpaired) electrons. The van der Waals surface area contributed by atoms with Gasteiger partial charge in [-0.3, -0.25) is 4.98 Å². The Labute approximate surface area is 199 Å². The van der Waals surface area contributed by atoms with Crippen molar-refractivity contribution in [2.45, 2.75) is 38.2 Å². The highest BCUT2D eigenvalue weighted by atomic mass is 35.5. The summed E-state index contributed by atoms with van der Waals surface area (Å²) in [6, 6.07) is 2.12. The van der Waals surface area contributed by atoms with Crippen molar-refractivity contribution in [2.75, 3.05) is 37.3 Å². The van der Waals surface area contributed by atoms with Crippen molar-refractivity contribution in [2.24, 2.45) is 5.92 Å². The van der Waals surface area contributed by atoms with E-state index in [1.54, 1.807) is 12.4 Å². The summed E-state index contributed by atoms with van der Waals surface area (Å²) in [5.74, 6) is 2.01. The van der Waals surface area contributed by atoms with Crippen molar-refractivity contribution >= 4 is 33.1 Å². The Bertz CT molecular complexity index is 1180. The molecule has 0 unspecified atom stereocenters. The van der Waals surface area contributed by atoms with Gasteiger partial charge in [-0.2, -0.15) is 4.31 Å². The van der Waals surface area contributed by atoms with Crippen LogP contribution in [-0.2, 0) is 16.4 Å². The van der Waals surface area contributed by atoms with Gasteiger partial charge < -0.3 is 9.64 Å². The molecule has 3 aliphatic heterocycles. The highest BCUT2D eigenvalue weighted by Gasteiger charge is 2.43. The number of anilines is 1. The van der Waals surface area contributed by atoms with Gasteiger partial charge in [0.15, 0.2) is 0 Å². The van der Waals surface area contributed by atoms with Crippen LogP contribution in [-0.4, -0.2) is 65.7 Å². The SMILES string of the molecule is C[C@@]1(C2CCN(c3ncc(Cl)cn3)CC2)Cc2cc(C3=CCN(S(C)(=O)=O)CC3)ncc2O1. The molecule has 1 fully saturated rings. The molecule has 0 aliphatic carbocycles. The fourth-order valence-electron chi connectivity index (χ4n) is 5.13. The van der Waals surface area contributed by atoms with Gasteiger partial charge in [0.05, 0.1) is 35.6 Å². The number of aromatic nitrogens is 3. The summed E-state index contributed by atoms with van der Waals surface area (Å²) in [6.07, 6.45) is 11.9. The van der Waals surface area contributed by atoms with E-state index in [0.717, 1.165) is 55.3 Å². The van der Waals surface area contributed by atoms with Crippen LogP contribution in [0.5, 0.6) is 5.75 Å². The molecule has 5 rings (SSSR count). The fraction of sp³-hybridized carbons (Fsp3) is 0.522. The number of pyridine rings is 1. The Kier molecular flexibility index (Phi) is 5.83. The van der Waals surface area contributed by atoms with Gasteiger partial charge >= 0.3 is 0 Å². The molecule has 0 aromatic carbocycles. The monoisotopic (exact) mass is 489 g/mol.